The molecule has 0 atom stereocenters. The molecule has 2 aromatic rings. The predicted molar refractivity (Wildman–Crippen MR) is 110 cm³/mol. The molecule has 6 nitrogen and oxygen atoms in total. The van der Waals surface area contributed by atoms with Crippen molar-refractivity contribution in [1.29, 1.82) is 0 Å². The number of halogens is 1. The third-order valence-corrected chi connectivity index (χ3v) is 5.30. The van der Waals surface area contributed by atoms with Crippen molar-refractivity contribution >= 4 is 50.3 Å². The van der Waals surface area contributed by atoms with E-state index in [9.17, 15) is 8.42 Å². The molecule has 0 fully saturated rings. The first-order valence-electron chi connectivity index (χ1n) is 7.74. The summed E-state index contributed by atoms with van der Waals surface area (Å²) in [5.41, 5.74) is 1.86. The van der Waals surface area contributed by atoms with Crippen molar-refractivity contribution in [2.75, 3.05) is 30.3 Å². The van der Waals surface area contributed by atoms with Crippen LogP contribution < -0.4 is 15.4 Å². The highest BCUT2D eigenvalue weighted by molar-refractivity contribution is 7.92. The van der Waals surface area contributed by atoms with Crippen LogP contribution in [0.1, 0.15) is 5.56 Å². The van der Waals surface area contributed by atoms with Crippen LogP contribution in [0.25, 0.3) is 0 Å². The molecule has 0 saturated carbocycles. The molecule has 0 heterocycles. The van der Waals surface area contributed by atoms with Crippen molar-refractivity contribution in [1.82, 2.24) is 5.32 Å². The van der Waals surface area contributed by atoms with Crippen molar-refractivity contribution in [3.05, 3.63) is 53.1 Å². The van der Waals surface area contributed by atoms with Gasteiger partial charge in [-0.05, 0) is 55.0 Å². The normalized spacial score (nSPS) is 11.0. The lowest BCUT2D eigenvalue weighted by Crippen LogP contribution is -2.31. The van der Waals surface area contributed by atoms with Gasteiger partial charge < -0.3 is 15.4 Å². The zero-order valence-corrected chi connectivity index (χ0v) is 16.8. The summed E-state index contributed by atoms with van der Waals surface area (Å²) in [5, 5.41) is 6.82. The van der Waals surface area contributed by atoms with Crippen LogP contribution in [0.3, 0.4) is 0 Å². The van der Waals surface area contributed by atoms with Crippen LogP contribution in [-0.2, 0) is 14.8 Å². The van der Waals surface area contributed by atoms with Gasteiger partial charge in [-0.3, -0.25) is 4.72 Å². The highest BCUT2D eigenvalue weighted by Crippen LogP contribution is 2.23. The van der Waals surface area contributed by atoms with Crippen molar-refractivity contribution in [3.8, 4) is 0 Å². The van der Waals surface area contributed by atoms with Gasteiger partial charge in [0.25, 0.3) is 10.0 Å². The topological polar surface area (TPSA) is 79.5 Å². The molecule has 0 aromatic heterocycles. The SMILES string of the molecule is COCCNC(=S)Nc1cc(S(=O)(=O)Nc2cccc(Cl)c2)ccc1C. The van der Waals surface area contributed by atoms with Crippen LogP contribution in [0.5, 0.6) is 0 Å². The molecule has 26 heavy (non-hydrogen) atoms. The van der Waals surface area contributed by atoms with Gasteiger partial charge in [-0.25, -0.2) is 8.42 Å². The second kappa shape index (κ2) is 9.18. The summed E-state index contributed by atoms with van der Waals surface area (Å²) in [6.45, 7) is 2.93. The number of anilines is 2. The number of sulfonamides is 1. The van der Waals surface area contributed by atoms with Crippen LogP contribution in [0, 0.1) is 6.92 Å². The molecule has 3 N–H and O–H groups in total. The van der Waals surface area contributed by atoms with E-state index in [0.29, 0.717) is 34.7 Å². The van der Waals surface area contributed by atoms with E-state index in [1.54, 1.807) is 37.4 Å². The fraction of sp³-hybridized carbons (Fsp3) is 0.235. The smallest absolute Gasteiger partial charge is 0.261 e. The Bertz CT molecular complexity index is 889. The fourth-order valence-electron chi connectivity index (χ4n) is 2.10. The van der Waals surface area contributed by atoms with E-state index >= 15 is 0 Å². The van der Waals surface area contributed by atoms with Gasteiger partial charge in [0.1, 0.15) is 0 Å². The van der Waals surface area contributed by atoms with Crippen molar-refractivity contribution in [2.45, 2.75) is 11.8 Å². The molecule has 0 saturated heterocycles. The van der Waals surface area contributed by atoms with Gasteiger partial charge in [0.2, 0.25) is 0 Å². The van der Waals surface area contributed by atoms with Crippen molar-refractivity contribution in [3.63, 3.8) is 0 Å². The van der Waals surface area contributed by atoms with Gasteiger partial charge in [-0.1, -0.05) is 23.7 Å². The minimum atomic E-state index is -3.76. The highest BCUT2D eigenvalue weighted by Gasteiger charge is 2.16. The van der Waals surface area contributed by atoms with Gasteiger partial charge in [-0.15, -0.1) is 0 Å². The lowest BCUT2D eigenvalue weighted by molar-refractivity contribution is 0.204. The monoisotopic (exact) mass is 413 g/mol. The predicted octanol–water partition coefficient (Wildman–Crippen LogP) is 3.38. The van der Waals surface area contributed by atoms with E-state index in [1.807, 2.05) is 6.92 Å². The second-order valence-corrected chi connectivity index (χ2v) is 7.99. The number of benzene rings is 2. The molecule has 0 aliphatic rings. The summed E-state index contributed by atoms with van der Waals surface area (Å²) < 4.78 is 32.7. The first-order chi connectivity index (χ1) is 12.3. The molecule has 0 aliphatic heterocycles. The number of hydrogen-bond donors (Lipinski definition) is 3. The van der Waals surface area contributed by atoms with E-state index in [1.165, 1.54) is 12.1 Å². The van der Waals surface area contributed by atoms with Crippen LogP contribution in [0.15, 0.2) is 47.4 Å². The Kier molecular flexibility index (Phi) is 7.22. The molecule has 9 heteroatoms. The highest BCUT2D eigenvalue weighted by atomic mass is 35.5. The van der Waals surface area contributed by atoms with E-state index in [-0.39, 0.29) is 4.90 Å². The Balaban J connectivity index is 2.18. The zero-order valence-electron chi connectivity index (χ0n) is 14.4. The van der Waals surface area contributed by atoms with Crippen LogP contribution in [0.2, 0.25) is 5.02 Å². The molecular weight excluding hydrogens is 394 g/mol. The maximum atomic E-state index is 12.6. The summed E-state index contributed by atoms with van der Waals surface area (Å²) in [6.07, 6.45) is 0. The number of ether oxygens (including phenoxy) is 1. The Labute approximate surface area is 163 Å². The van der Waals surface area contributed by atoms with E-state index in [2.05, 4.69) is 15.4 Å². The van der Waals surface area contributed by atoms with Crippen molar-refractivity contribution in [2.24, 2.45) is 0 Å². The van der Waals surface area contributed by atoms with Crippen LogP contribution in [-0.4, -0.2) is 33.8 Å². The maximum absolute atomic E-state index is 12.6. The van der Waals surface area contributed by atoms with Gasteiger partial charge in [0, 0.05) is 24.4 Å². The number of rotatable bonds is 7. The number of hydrogen-bond acceptors (Lipinski definition) is 4. The molecule has 0 amide bonds. The lowest BCUT2D eigenvalue weighted by Gasteiger charge is -2.14. The molecule has 2 aromatic carbocycles. The van der Waals surface area contributed by atoms with Crippen LogP contribution in [0.4, 0.5) is 11.4 Å². The summed E-state index contributed by atoms with van der Waals surface area (Å²) in [4.78, 5) is 0.116. The van der Waals surface area contributed by atoms with Gasteiger partial charge >= 0.3 is 0 Å². The van der Waals surface area contributed by atoms with Crippen molar-refractivity contribution < 1.29 is 13.2 Å². The summed E-state index contributed by atoms with van der Waals surface area (Å²) in [6, 6.07) is 11.3. The maximum Gasteiger partial charge on any atom is 0.261 e. The largest absolute Gasteiger partial charge is 0.383 e. The fourth-order valence-corrected chi connectivity index (χ4v) is 3.58. The molecule has 140 valence electrons. The molecule has 0 spiro atoms. The van der Waals surface area contributed by atoms with Crippen LogP contribution >= 0.6 is 23.8 Å². The molecule has 0 radical (unpaired) electrons. The lowest BCUT2D eigenvalue weighted by atomic mass is 10.2. The molecule has 0 aliphatic carbocycles. The third-order valence-electron chi connectivity index (χ3n) is 3.44. The Morgan fingerprint density at radius 1 is 1.23 bits per heavy atom. The molecule has 2 rings (SSSR count). The molecule has 0 unspecified atom stereocenters. The Hall–Kier alpha value is -1.87. The number of nitrogens with one attached hydrogen (secondary N) is 3. The van der Waals surface area contributed by atoms with E-state index in [4.69, 9.17) is 28.6 Å². The van der Waals surface area contributed by atoms with E-state index in [0.717, 1.165) is 5.56 Å². The second-order valence-electron chi connectivity index (χ2n) is 5.47. The zero-order chi connectivity index (χ0) is 19.2. The quantitative estimate of drug-likeness (QED) is 0.477. The average Bonchev–Trinajstić information content (AvgIpc) is 2.56. The summed E-state index contributed by atoms with van der Waals surface area (Å²) in [5.74, 6) is 0. The number of aryl methyl sites for hydroxylation is 1. The Morgan fingerprint density at radius 2 is 2.00 bits per heavy atom. The van der Waals surface area contributed by atoms with E-state index < -0.39 is 10.0 Å². The molecular formula is C17H20ClN3O3S2. The minimum absolute atomic E-state index is 0.116. The number of methoxy groups -OCH3 is 1. The standard InChI is InChI=1S/C17H20ClN3O3S2/c1-12-6-7-15(11-16(12)20-17(25)19-8-9-24-2)26(22,23)21-14-5-3-4-13(18)10-14/h3-7,10-11,21H,8-9H2,1-2H3,(H2,19,20,25). The Morgan fingerprint density at radius 3 is 2.69 bits per heavy atom. The van der Waals surface area contributed by atoms with Gasteiger partial charge in [0.15, 0.2) is 5.11 Å². The average molecular weight is 414 g/mol. The first kappa shape index (κ1) is 20.4. The minimum Gasteiger partial charge on any atom is -0.383 e. The molecule has 0 bridgehead atoms. The first-order valence-corrected chi connectivity index (χ1v) is 10.0. The third kappa shape index (κ3) is 5.84. The van der Waals surface area contributed by atoms with Gasteiger partial charge in [-0.2, -0.15) is 0 Å². The van der Waals surface area contributed by atoms with Gasteiger partial charge in [0.05, 0.1) is 17.2 Å². The number of thiocarbonyl (C=S) groups is 1. The summed E-state index contributed by atoms with van der Waals surface area (Å²) in [7, 11) is -2.16. The summed E-state index contributed by atoms with van der Waals surface area (Å²) >= 11 is 11.1.